The number of ether oxygens (including phenoxy) is 3. The van der Waals surface area contributed by atoms with Crippen LogP contribution in [0.2, 0.25) is 5.02 Å². The molecule has 1 atom stereocenters. The Balaban J connectivity index is 1.53. The monoisotopic (exact) mass is 581 g/mol. The van der Waals surface area contributed by atoms with Crippen molar-refractivity contribution in [3.05, 3.63) is 82.9 Å². The first kappa shape index (κ1) is 29.0. The summed E-state index contributed by atoms with van der Waals surface area (Å²) in [4.78, 5) is 44.5. The van der Waals surface area contributed by atoms with E-state index < -0.39 is 11.2 Å². The SMILES string of the molecule is COC(=O)c1ccc(NC(=O)C2CC(=O)N(CCc3ccc(OC)c(OC)c3)C(=Nc3cccc(Cl)c3)S2)cc1. The number of amides is 2. The molecule has 0 spiro atoms. The Hall–Kier alpha value is -4.02. The third-order valence-corrected chi connectivity index (χ3v) is 7.53. The van der Waals surface area contributed by atoms with E-state index in [1.165, 1.54) is 18.9 Å². The van der Waals surface area contributed by atoms with Gasteiger partial charge in [-0.25, -0.2) is 9.79 Å². The van der Waals surface area contributed by atoms with Gasteiger partial charge in [-0.15, -0.1) is 0 Å². The molecule has 1 unspecified atom stereocenters. The number of halogens is 1. The molecular weight excluding hydrogens is 554 g/mol. The summed E-state index contributed by atoms with van der Waals surface area (Å²) in [6.07, 6.45) is 0.530. The maximum atomic E-state index is 13.4. The van der Waals surface area contributed by atoms with Gasteiger partial charge in [0.15, 0.2) is 16.7 Å². The molecule has 1 aliphatic rings. The van der Waals surface area contributed by atoms with Gasteiger partial charge in [0.25, 0.3) is 0 Å². The lowest BCUT2D eigenvalue weighted by atomic mass is 10.1. The number of methoxy groups -OCH3 is 3. The Bertz CT molecular complexity index is 1430. The highest BCUT2D eigenvalue weighted by Gasteiger charge is 2.36. The Morgan fingerprint density at radius 1 is 1.02 bits per heavy atom. The number of aliphatic imine (C=N–C) groups is 1. The van der Waals surface area contributed by atoms with Crippen molar-refractivity contribution in [2.45, 2.75) is 18.1 Å². The smallest absolute Gasteiger partial charge is 0.337 e. The number of nitrogens with zero attached hydrogens (tertiary/aromatic N) is 2. The minimum Gasteiger partial charge on any atom is -0.493 e. The van der Waals surface area contributed by atoms with Crippen LogP contribution in [0, 0.1) is 0 Å². The third kappa shape index (κ3) is 7.13. The van der Waals surface area contributed by atoms with E-state index in [-0.39, 0.29) is 18.2 Å². The molecule has 2 amide bonds. The number of amidine groups is 1. The van der Waals surface area contributed by atoms with E-state index in [1.807, 2.05) is 18.2 Å². The summed E-state index contributed by atoms with van der Waals surface area (Å²) < 4.78 is 15.4. The van der Waals surface area contributed by atoms with Gasteiger partial charge in [0.2, 0.25) is 11.8 Å². The molecule has 0 radical (unpaired) electrons. The molecule has 0 aromatic heterocycles. The summed E-state index contributed by atoms with van der Waals surface area (Å²) in [6, 6.07) is 18.9. The lowest BCUT2D eigenvalue weighted by Gasteiger charge is -2.32. The summed E-state index contributed by atoms with van der Waals surface area (Å²) in [5, 5.41) is 3.03. The predicted molar refractivity (Wildman–Crippen MR) is 156 cm³/mol. The topological polar surface area (TPSA) is 107 Å². The van der Waals surface area contributed by atoms with Crippen LogP contribution in [0.4, 0.5) is 11.4 Å². The van der Waals surface area contributed by atoms with Gasteiger partial charge in [-0.05, 0) is 66.6 Å². The van der Waals surface area contributed by atoms with Gasteiger partial charge in [0, 0.05) is 23.7 Å². The summed E-state index contributed by atoms with van der Waals surface area (Å²) in [7, 11) is 4.44. The van der Waals surface area contributed by atoms with E-state index in [0.717, 1.165) is 5.56 Å². The summed E-state index contributed by atoms with van der Waals surface area (Å²) in [6.45, 7) is 0.351. The normalized spacial score (nSPS) is 16.0. The van der Waals surface area contributed by atoms with Crippen molar-refractivity contribution >= 4 is 57.7 Å². The molecule has 0 bridgehead atoms. The fourth-order valence-corrected chi connectivity index (χ4v) is 5.33. The maximum Gasteiger partial charge on any atom is 0.337 e. The van der Waals surface area contributed by atoms with Gasteiger partial charge in [-0.3, -0.25) is 14.5 Å². The summed E-state index contributed by atoms with van der Waals surface area (Å²) in [5.41, 5.74) is 2.38. The standard InChI is InChI=1S/C29H28ClN3O6S/c1-37-23-12-7-18(15-24(23)38-2)13-14-33-26(34)17-25(40-29(33)32-22-6-4-5-20(30)16-22)27(35)31-21-10-8-19(9-11-21)28(36)39-3/h4-12,15-16,25H,13-14,17H2,1-3H3,(H,31,35). The second-order valence-electron chi connectivity index (χ2n) is 8.73. The van der Waals surface area contributed by atoms with E-state index >= 15 is 0 Å². The van der Waals surface area contributed by atoms with Crippen LogP contribution in [0.5, 0.6) is 11.5 Å². The van der Waals surface area contributed by atoms with Gasteiger partial charge >= 0.3 is 5.97 Å². The van der Waals surface area contributed by atoms with E-state index in [0.29, 0.717) is 51.6 Å². The molecule has 1 fully saturated rings. The maximum absolute atomic E-state index is 13.4. The van der Waals surface area contributed by atoms with Gasteiger partial charge in [0.05, 0.1) is 32.6 Å². The van der Waals surface area contributed by atoms with Crippen LogP contribution in [-0.4, -0.2) is 61.0 Å². The van der Waals surface area contributed by atoms with Gasteiger partial charge in [0.1, 0.15) is 5.25 Å². The van der Waals surface area contributed by atoms with Crippen LogP contribution in [0.15, 0.2) is 71.7 Å². The average molecular weight is 582 g/mol. The first-order valence-electron chi connectivity index (χ1n) is 12.3. The molecule has 1 saturated heterocycles. The number of benzene rings is 3. The number of carbonyl (C=O) groups is 3. The average Bonchev–Trinajstić information content (AvgIpc) is 2.96. The van der Waals surface area contributed by atoms with Crippen molar-refractivity contribution in [1.82, 2.24) is 4.90 Å². The Morgan fingerprint density at radius 3 is 2.45 bits per heavy atom. The van der Waals surface area contributed by atoms with Crippen LogP contribution in [0.1, 0.15) is 22.3 Å². The molecule has 4 rings (SSSR count). The van der Waals surface area contributed by atoms with Crippen LogP contribution in [-0.2, 0) is 20.7 Å². The van der Waals surface area contributed by atoms with Gasteiger partial charge in [-0.2, -0.15) is 0 Å². The van der Waals surface area contributed by atoms with Gasteiger partial charge in [-0.1, -0.05) is 35.5 Å². The van der Waals surface area contributed by atoms with Crippen LogP contribution < -0.4 is 14.8 Å². The molecule has 1 aliphatic heterocycles. The van der Waals surface area contributed by atoms with Crippen molar-refractivity contribution < 1.29 is 28.6 Å². The molecule has 11 heteroatoms. The van der Waals surface area contributed by atoms with Crippen molar-refractivity contribution in [2.75, 3.05) is 33.2 Å². The van der Waals surface area contributed by atoms with E-state index in [4.69, 9.17) is 25.8 Å². The number of carbonyl (C=O) groups excluding carboxylic acids is 3. The lowest BCUT2D eigenvalue weighted by molar-refractivity contribution is -0.129. The molecule has 3 aromatic rings. The molecule has 3 aromatic carbocycles. The molecule has 0 aliphatic carbocycles. The number of rotatable bonds is 9. The molecular formula is C29H28ClN3O6S. The molecule has 40 heavy (non-hydrogen) atoms. The largest absolute Gasteiger partial charge is 0.493 e. The zero-order valence-corrected chi connectivity index (χ0v) is 23.8. The molecule has 9 nitrogen and oxygen atoms in total. The van der Waals surface area contributed by atoms with E-state index in [2.05, 4.69) is 10.3 Å². The highest BCUT2D eigenvalue weighted by molar-refractivity contribution is 8.15. The van der Waals surface area contributed by atoms with Crippen LogP contribution in [0.3, 0.4) is 0 Å². The molecule has 1 heterocycles. The predicted octanol–water partition coefficient (Wildman–Crippen LogP) is 5.35. The number of nitrogens with one attached hydrogen (secondary N) is 1. The first-order valence-corrected chi connectivity index (χ1v) is 13.6. The third-order valence-electron chi connectivity index (χ3n) is 6.11. The fraction of sp³-hybridized carbons (Fsp3) is 0.241. The first-order chi connectivity index (χ1) is 19.3. The van der Waals surface area contributed by atoms with Crippen molar-refractivity contribution in [1.29, 1.82) is 0 Å². The second-order valence-corrected chi connectivity index (χ2v) is 10.3. The molecule has 208 valence electrons. The number of hydrogen-bond acceptors (Lipinski definition) is 8. The van der Waals surface area contributed by atoms with Crippen molar-refractivity contribution in [3.63, 3.8) is 0 Å². The molecule has 0 saturated carbocycles. The Labute approximate surface area is 241 Å². The summed E-state index contributed by atoms with van der Waals surface area (Å²) in [5.74, 6) is 0.182. The quantitative estimate of drug-likeness (QED) is 0.340. The number of anilines is 1. The Morgan fingerprint density at radius 2 is 1.77 bits per heavy atom. The lowest BCUT2D eigenvalue weighted by Crippen LogP contribution is -2.46. The number of thioether (sulfide) groups is 1. The van der Waals surface area contributed by atoms with Crippen LogP contribution >= 0.6 is 23.4 Å². The summed E-state index contributed by atoms with van der Waals surface area (Å²) >= 11 is 7.37. The zero-order valence-electron chi connectivity index (χ0n) is 22.2. The number of esters is 1. The molecule has 1 N–H and O–H groups in total. The van der Waals surface area contributed by atoms with Crippen molar-refractivity contribution in [2.24, 2.45) is 4.99 Å². The van der Waals surface area contributed by atoms with Crippen LogP contribution in [0.25, 0.3) is 0 Å². The zero-order chi connectivity index (χ0) is 28.6. The minimum atomic E-state index is -0.706. The second kappa shape index (κ2) is 13.4. The fourth-order valence-electron chi connectivity index (χ4n) is 4.02. The minimum absolute atomic E-state index is 0.00273. The number of hydrogen-bond donors (Lipinski definition) is 1. The van der Waals surface area contributed by atoms with Crippen molar-refractivity contribution in [3.8, 4) is 11.5 Å². The highest BCUT2D eigenvalue weighted by Crippen LogP contribution is 2.32. The van der Waals surface area contributed by atoms with E-state index in [1.54, 1.807) is 67.7 Å². The Kier molecular flexibility index (Phi) is 9.68. The van der Waals surface area contributed by atoms with Gasteiger partial charge < -0.3 is 19.5 Å². The van der Waals surface area contributed by atoms with E-state index in [9.17, 15) is 14.4 Å². The highest BCUT2D eigenvalue weighted by atomic mass is 35.5.